The van der Waals surface area contributed by atoms with E-state index in [1.54, 1.807) is 18.2 Å². The van der Waals surface area contributed by atoms with Gasteiger partial charge in [0.25, 0.3) is 0 Å². The lowest BCUT2D eigenvalue weighted by Gasteiger charge is -2.04. The molecule has 0 atom stereocenters. The number of nitrogens with two attached hydrogens (primary N) is 2. The first-order valence-electron chi connectivity index (χ1n) is 3.57. The van der Waals surface area contributed by atoms with Crippen LogP contribution in [0.1, 0.15) is 0 Å². The van der Waals surface area contributed by atoms with E-state index in [-0.39, 0.29) is 5.96 Å². The van der Waals surface area contributed by atoms with Crippen LogP contribution >= 0.6 is 11.6 Å². The van der Waals surface area contributed by atoms with Crippen LogP contribution in [0.25, 0.3) is 0 Å². The fraction of sp³-hybridized carbons (Fsp3) is 0.125. The normalized spacial score (nSPS) is 9.38. The van der Waals surface area contributed by atoms with Crippen LogP contribution in [-0.4, -0.2) is 13.1 Å². The van der Waals surface area contributed by atoms with Crippen LogP contribution in [0.15, 0.2) is 23.2 Å². The van der Waals surface area contributed by atoms with Gasteiger partial charge in [-0.3, -0.25) is 0 Å². The molecule has 0 unspecified atom stereocenters. The standard InChI is InChI=1S/C8H10ClN3O/c1-13-6-4-2-3-5(7(6)9)12-8(10)11/h2-4H,1H3,(H4,10,11,12). The number of hydrogen-bond donors (Lipinski definition) is 2. The second-order valence-corrected chi connectivity index (χ2v) is 2.71. The zero-order valence-corrected chi connectivity index (χ0v) is 7.88. The Morgan fingerprint density at radius 3 is 2.69 bits per heavy atom. The molecule has 0 saturated carbocycles. The van der Waals surface area contributed by atoms with Gasteiger partial charge in [-0.1, -0.05) is 17.7 Å². The van der Waals surface area contributed by atoms with Gasteiger partial charge < -0.3 is 16.2 Å². The van der Waals surface area contributed by atoms with E-state index in [9.17, 15) is 0 Å². The Labute approximate surface area is 81.2 Å². The topological polar surface area (TPSA) is 73.6 Å². The highest BCUT2D eigenvalue weighted by atomic mass is 35.5. The predicted octanol–water partition coefficient (Wildman–Crippen LogP) is 1.25. The van der Waals surface area contributed by atoms with Crippen molar-refractivity contribution in [3.8, 4) is 5.75 Å². The molecule has 0 aliphatic heterocycles. The van der Waals surface area contributed by atoms with Crippen LogP contribution in [-0.2, 0) is 0 Å². The van der Waals surface area contributed by atoms with Crippen LogP contribution in [0.5, 0.6) is 5.75 Å². The minimum atomic E-state index is -0.0323. The Bertz CT molecular complexity index is 334. The van der Waals surface area contributed by atoms with Gasteiger partial charge in [0.2, 0.25) is 0 Å². The van der Waals surface area contributed by atoms with Crippen molar-refractivity contribution < 1.29 is 4.74 Å². The number of halogens is 1. The number of hydrogen-bond acceptors (Lipinski definition) is 2. The second kappa shape index (κ2) is 4.00. The lowest BCUT2D eigenvalue weighted by atomic mass is 10.3. The quantitative estimate of drug-likeness (QED) is 0.556. The molecule has 1 aromatic rings. The summed E-state index contributed by atoms with van der Waals surface area (Å²) in [6, 6.07) is 5.19. The van der Waals surface area contributed by atoms with E-state index in [0.29, 0.717) is 16.5 Å². The summed E-state index contributed by atoms with van der Waals surface area (Å²) >= 11 is 5.91. The molecule has 4 N–H and O–H groups in total. The van der Waals surface area contributed by atoms with E-state index in [0.717, 1.165) is 0 Å². The first-order valence-corrected chi connectivity index (χ1v) is 3.95. The maximum atomic E-state index is 5.91. The first kappa shape index (κ1) is 9.67. The molecule has 0 fully saturated rings. The number of benzene rings is 1. The van der Waals surface area contributed by atoms with Crippen molar-refractivity contribution >= 4 is 23.2 Å². The predicted molar refractivity (Wildman–Crippen MR) is 53.5 cm³/mol. The van der Waals surface area contributed by atoms with E-state index in [4.69, 9.17) is 27.8 Å². The fourth-order valence-electron chi connectivity index (χ4n) is 0.882. The minimum Gasteiger partial charge on any atom is -0.495 e. The van der Waals surface area contributed by atoms with Gasteiger partial charge in [0, 0.05) is 0 Å². The van der Waals surface area contributed by atoms with Gasteiger partial charge in [-0.05, 0) is 12.1 Å². The van der Waals surface area contributed by atoms with Gasteiger partial charge in [-0.2, -0.15) is 0 Å². The van der Waals surface area contributed by atoms with E-state index in [1.165, 1.54) is 7.11 Å². The third-order valence-corrected chi connectivity index (χ3v) is 1.79. The van der Waals surface area contributed by atoms with Gasteiger partial charge in [0.05, 0.1) is 12.8 Å². The molecular weight excluding hydrogens is 190 g/mol. The summed E-state index contributed by atoms with van der Waals surface area (Å²) in [5, 5.41) is 0.401. The molecule has 0 aliphatic carbocycles. The number of ether oxygens (including phenoxy) is 1. The average molecular weight is 200 g/mol. The average Bonchev–Trinajstić information content (AvgIpc) is 2.08. The summed E-state index contributed by atoms with van der Waals surface area (Å²) in [4.78, 5) is 3.83. The van der Waals surface area contributed by atoms with E-state index >= 15 is 0 Å². The highest BCUT2D eigenvalue weighted by molar-refractivity contribution is 6.34. The summed E-state index contributed by atoms with van der Waals surface area (Å²) in [6.07, 6.45) is 0. The molecule has 1 aromatic carbocycles. The van der Waals surface area contributed by atoms with Crippen molar-refractivity contribution in [3.63, 3.8) is 0 Å². The molecule has 70 valence electrons. The lowest BCUT2D eigenvalue weighted by molar-refractivity contribution is 0.415. The SMILES string of the molecule is COc1cccc(N=C(N)N)c1Cl. The second-order valence-electron chi connectivity index (χ2n) is 2.33. The van der Waals surface area contributed by atoms with Crippen molar-refractivity contribution in [1.82, 2.24) is 0 Å². The number of rotatable bonds is 2. The highest BCUT2D eigenvalue weighted by Crippen LogP contribution is 2.33. The molecule has 5 heteroatoms. The molecule has 0 saturated heterocycles. The zero-order valence-electron chi connectivity index (χ0n) is 7.12. The Morgan fingerprint density at radius 2 is 2.15 bits per heavy atom. The highest BCUT2D eigenvalue weighted by Gasteiger charge is 2.04. The van der Waals surface area contributed by atoms with Gasteiger partial charge in [0.1, 0.15) is 10.8 Å². The van der Waals surface area contributed by atoms with Crippen LogP contribution in [0, 0.1) is 0 Å². The summed E-state index contributed by atoms with van der Waals surface area (Å²) < 4.78 is 4.98. The molecule has 0 bridgehead atoms. The van der Waals surface area contributed by atoms with Crippen molar-refractivity contribution in [2.24, 2.45) is 16.5 Å². The number of aliphatic imine (C=N–C) groups is 1. The summed E-state index contributed by atoms with van der Waals surface area (Å²) in [6.45, 7) is 0. The molecule has 0 amide bonds. The maximum Gasteiger partial charge on any atom is 0.191 e. The van der Waals surface area contributed by atoms with Gasteiger partial charge in [0.15, 0.2) is 5.96 Å². The molecular formula is C8H10ClN3O. The largest absolute Gasteiger partial charge is 0.495 e. The first-order chi connectivity index (χ1) is 6.15. The third-order valence-electron chi connectivity index (χ3n) is 1.41. The van der Waals surface area contributed by atoms with E-state index < -0.39 is 0 Å². The Hall–Kier alpha value is -1.42. The van der Waals surface area contributed by atoms with Crippen molar-refractivity contribution in [2.75, 3.05) is 7.11 Å². The number of guanidine groups is 1. The monoisotopic (exact) mass is 199 g/mol. The van der Waals surface area contributed by atoms with Crippen LogP contribution in [0.2, 0.25) is 5.02 Å². The van der Waals surface area contributed by atoms with Crippen molar-refractivity contribution in [2.45, 2.75) is 0 Å². The molecule has 0 heterocycles. The number of nitrogens with zero attached hydrogens (tertiary/aromatic N) is 1. The third kappa shape index (κ3) is 2.26. The summed E-state index contributed by atoms with van der Waals surface area (Å²) in [7, 11) is 1.53. The molecule has 4 nitrogen and oxygen atoms in total. The number of methoxy groups -OCH3 is 1. The zero-order chi connectivity index (χ0) is 9.84. The molecule has 13 heavy (non-hydrogen) atoms. The molecule has 0 radical (unpaired) electrons. The van der Waals surface area contributed by atoms with E-state index in [2.05, 4.69) is 4.99 Å². The lowest BCUT2D eigenvalue weighted by Crippen LogP contribution is -2.21. The minimum absolute atomic E-state index is 0.0323. The van der Waals surface area contributed by atoms with Crippen molar-refractivity contribution in [1.29, 1.82) is 0 Å². The summed E-state index contributed by atoms with van der Waals surface area (Å²) in [5.41, 5.74) is 10.9. The van der Waals surface area contributed by atoms with Crippen LogP contribution in [0.4, 0.5) is 5.69 Å². The Balaban J connectivity index is 3.16. The Morgan fingerprint density at radius 1 is 1.46 bits per heavy atom. The molecule has 0 aromatic heterocycles. The Kier molecular flexibility index (Phi) is 2.97. The van der Waals surface area contributed by atoms with Crippen molar-refractivity contribution in [3.05, 3.63) is 23.2 Å². The summed E-state index contributed by atoms with van der Waals surface area (Å²) in [5.74, 6) is 0.513. The van der Waals surface area contributed by atoms with Crippen LogP contribution < -0.4 is 16.2 Å². The smallest absolute Gasteiger partial charge is 0.191 e. The van der Waals surface area contributed by atoms with Gasteiger partial charge in [-0.25, -0.2) is 4.99 Å². The van der Waals surface area contributed by atoms with Gasteiger partial charge in [-0.15, -0.1) is 0 Å². The maximum absolute atomic E-state index is 5.91. The van der Waals surface area contributed by atoms with Gasteiger partial charge >= 0.3 is 0 Å². The van der Waals surface area contributed by atoms with E-state index in [1.807, 2.05) is 0 Å². The molecule has 1 rings (SSSR count). The fourth-order valence-corrected chi connectivity index (χ4v) is 1.13. The molecule has 0 aliphatic rings. The molecule has 0 spiro atoms. The van der Waals surface area contributed by atoms with Crippen LogP contribution in [0.3, 0.4) is 0 Å².